The molecule has 0 aliphatic carbocycles. The van der Waals surface area contributed by atoms with E-state index in [1.165, 1.54) is 30.8 Å². The minimum absolute atomic E-state index is 0.0126. The Balaban J connectivity index is 0.000000360. The summed E-state index contributed by atoms with van der Waals surface area (Å²) in [5.74, 6) is -3.38. The van der Waals surface area contributed by atoms with E-state index in [1.807, 2.05) is 0 Å². The third-order valence-electron chi connectivity index (χ3n) is 4.93. The average molecular weight is 461 g/mol. The molecule has 9 nitrogen and oxygen atoms in total. The Kier molecular flexibility index (Phi) is 6.96. The molecule has 2 fully saturated rings. The Morgan fingerprint density at radius 2 is 2.09 bits per heavy atom. The van der Waals surface area contributed by atoms with Gasteiger partial charge in [-0.25, -0.2) is 14.2 Å². The van der Waals surface area contributed by atoms with Gasteiger partial charge in [-0.2, -0.15) is 13.2 Å². The zero-order chi connectivity index (χ0) is 23.4. The molecule has 1 N–H and O–H groups in total. The molecule has 13 heteroatoms. The van der Waals surface area contributed by atoms with Gasteiger partial charge < -0.3 is 24.0 Å². The highest BCUT2D eigenvalue weighted by Crippen LogP contribution is 2.36. The van der Waals surface area contributed by atoms with Gasteiger partial charge in [0, 0.05) is 19.2 Å². The van der Waals surface area contributed by atoms with Crippen LogP contribution in [0, 0.1) is 5.82 Å². The summed E-state index contributed by atoms with van der Waals surface area (Å²) in [6, 6.07) is 2.83. The number of rotatable bonds is 3. The number of alkyl halides is 3. The zero-order valence-electron chi connectivity index (χ0n) is 16.5. The first kappa shape index (κ1) is 23.4. The number of nitrogens with zero attached hydrogens (tertiary/aromatic N) is 3. The maximum atomic E-state index is 13.7. The van der Waals surface area contributed by atoms with Crippen LogP contribution in [0.15, 0.2) is 35.3 Å². The lowest BCUT2D eigenvalue weighted by Gasteiger charge is -2.39. The van der Waals surface area contributed by atoms with Crippen molar-refractivity contribution in [1.29, 1.82) is 0 Å². The number of piperidine rings is 1. The Morgan fingerprint density at radius 3 is 2.72 bits per heavy atom. The number of carboxylic acids is 1. The number of hydrogen-bond acceptors (Lipinski definition) is 7. The van der Waals surface area contributed by atoms with Gasteiger partial charge in [-0.1, -0.05) is 5.16 Å². The van der Waals surface area contributed by atoms with Gasteiger partial charge in [0.1, 0.15) is 12.4 Å². The summed E-state index contributed by atoms with van der Waals surface area (Å²) in [5, 5.41) is 10.7. The topological polar surface area (TPSA) is 115 Å². The van der Waals surface area contributed by atoms with Gasteiger partial charge in [0.2, 0.25) is 0 Å². The second-order valence-corrected chi connectivity index (χ2v) is 7.27. The van der Waals surface area contributed by atoms with Crippen molar-refractivity contribution in [3.8, 4) is 5.88 Å². The van der Waals surface area contributed by atoms with Crippen LogP contribution in [0.25, 0.3) is 0 Å². The molecule has 2 aliphatic rings. The van der Waals surface area contributed by atoms with E-state index in [-0.39, 0.29) is 17.9 Å². The number of carbonyl (C=O) groups excluding carboxylic acids is 1. The minimum atomic E-state index is -5.08. The van der Waals surface area contributed by atoms with Crippen molar-refractivity contribution in [2.24, 2.45) is 0 Å². The van der Waals surface area contributed by atoms with Crippen LogP contribution in [0.5, 0.6) is 5.88 Å². The second-order valence-electron chi connectivity index (χ2n) is 7.27. The molecular weight excluding hydrogens is 442 g/mol. The van der Waals surface area contributed by atoms with E-state index in [0.717, 1.165) is 12.8 Å². The third-order valence-corrected chi connectivity index (χ3v) is 4.93. The molecule has 174 valence electrons. The fraction of sp³-hybridized carbons (Fsp3) is 0.474. The maximum Gasteiger partial charge on any atom is 0.490 e. The van der Waals surface area contributed by atoms with Crippen molar-refractivity contribution in [3.05, 3.63) is 42.2 Å². The Hall–Kier alpha value is -3.22. The second kappa shape index (κ2) is 9.51. The maximum absolute atomic E-state index is 13.7. The largest absolute Gasteiger partial charge is 0.490 e. The summed E-state index contributed by atoms with van der Waals surface area (Å²) in [4.78, 5) is 27.1. The molecule has 2 atom stereocenters. The molecule has 0 unspecified atom stereocenters. The number of amides is 1. The molecule has 1 amide bonds. The first-order valence-corrected chi connectivity index (χ1v) is 9.49. The summed E-state index contributed by atoms with van der Waals surface area (Å²) in [5.41, 5.74) is -0.0283. The predicted molar refractivity (Wildman–Crippen MR) is 97.2 cm³/mol. The van der Waals surface area contributed by atoms with Crippen LogP contribution in [0.1, 0.15) is 29.6 Å². The molecule has 0 aromatic carbocycles. The highest BCUT2D eigenvalue weighted by molar-refractivity contribution is 5.93. The van der Waals surface area contributed by atoms with E-state index < -0.39 is 23.6 Å². The van der Waals surface area contributed by atoms with Gasteiger partial charge in [0.25, 0.3) is 11.8 Å². The van der Waals surface area contributed by atoms with Crippen LogP contribution in [0.2, 0.25) is 0 Å². The predicted octanol–water partition coefficient (Wildman–Crippen LogP) is 2.68. The summed E-state index contributed by atoms with van der Waals surface area (Å²) in [7, 11) is 0. The standard InChI is InChI=1S/C17H18FN3O4.C2HF3O2/c18-14-3-1-5-19-15(14)25-13-7-17(23-10-13)4-2-6-21(11-17)16(22)12-8-20-24-9-12;3-2(4,5)1(6)7/h1,3,5,8-9,13H,2,4,6-7,10-11H2;(H,6,7)/t13-,17-;/m0./s1. The SMILES string of the molecule is O=C(O)C(F)(F)F.O=C(c1cnoc1)N1CCC[C@]2(C[C@H](Oc3ncccc3F)CO2)C1. The Morgan fingerprint density at radius 1 is 1.34 bits per heavy atom. The first-order chi connectivity index (χ1) is 15.1. The van der Waals surface area contributed by atoms with Gasteiger partial charge in [0.05, 0.1) is 30.5 Å². The monoisotopic (exact) mass is 461 g/mol. The lowest BCUT2D eigenvalue weighted by molar-refractivity contribution is -0.192. The highest BCUT2D eigenvalue weighted by atomic mass is 19.4. The van der Waals surface area contributed by atoms with Gasteiger partial charge in [-0.15, -0.1) is 0 Å². The van der Waals surface area contributed by atoms with E-state index in [9.17, 15) is 22.4 Å². The molecule has 32 heavy (non-hydrogen) atoms. The molecule has 2 saturated heterocycles. The molecule has 0 bridgehead atoms. The molecule has 2 aliphatic heterocycles. The van der Waals surface area contributed by atoms with Crippen LogP contribution >= 0.6 is 0 Å². The number of ether oxygens (including phenoxy) is 2. The van der Waals surface area contributed by atoms with Crippen LogP contribution in [0.4, 0.5) is 17.6 Å². The number of halogens is 4. The Bertz CT molecular complexity index is 939. The Labute approximate surface area is 178 Å². The van der Waals surface area contributed by atoms with Crippen LogP contribution in [0.3, 0.4) is 0 Å². The number of pyridine rings is 1. The van der Waals surface area contributed by atoms with E-state index >= 15 is 0 Å². The number of aliphatic carboxylic acids is 1. The van der Waals surface area contributed by atoms with Crippen LogP contribution < -0.4 is 4.74 Å². The summed E-state index contributed by atoms with van der Waals surface area (Å²) < 4.78 is 61.8. The molecular formula is C19H19F4N3O6. The summed E-state index contributed by atoms with van der Waals surface area (Å²) >= 11 is 0. The minimum Gasteiger partial charge on any atom is -0.475 e. The van der Waals surface area contributed by atoms with Crippen molar-refractivity contribution in [1.82, 2.24) is 15.0 Å². The van der Waals surface area contributed by atoms with E-state index in [1.54, 1.807) is 4.90 Å². The van der Waals surface area contributed by atoms with Crippen molar-refractivity contribution in [2.45, 2.75) is 37.1 Å². The summed E-state index contributed by atoms with van der Waals surface area (Å²) in [6.45, 7) is 1.49. The van der Waals surface area contributed by atoms with E-state index in [2.05, 4.69) is 10.1 Å². The molecule has 0 radical (unpaired) electrons. The number of carbonyl (C=O) groups is 2. The van der Waals surface area contributed by atoms with Crippen molar-refractivity contribution >= 4 is 11.9 Å². The fourth-order valence-electron chi connectivity index (χ4n) is 3.54. The van der Waals surface area contributed by atoms with Crippen molar-refractivity contribution in [3.63, 3.8) is 0 Å². The molecule has 4 rings (SSSR count). The first-order valence-electron chi connectivity index (χ1n) is 9.49. The number of aromatic nitrogens is 2. The van der Waals surface area contributed by atoms with E-state index in [4.69, 9.17) is 23.9 Å². The number of likely N-dealkylation sites (tertiary alicyclic amines) is 1. The number of carboxylic acid groups (broad SMARTS) is 1. The van der Waals surface area contributed by atoms with E-state index in [0.29, 0.717) is 31.7 Å². The van der Waals surface area contributed by atoms with Gasteiger partial charge in [0.15, 0.2) is 5.82 Å². The zero-order valence-corrected chi connectivity index (χ0v) is 16.5. The molecule has 2 aromatic rings. The van der Waals surface area contributed by atoms with Crippen LogP contribution in [-0.2, 0) is 9.53 Å². The summed E-state index contributed by atoms with van der Waals surface area (Å²) in [6.07, 6.45) is 1.15. The van der Waals surface area contributed by atoms with Crippen LogP contribution in [-0.4, -0.2) is 69.6 Å². The van der Waals surface area contributed by atoms with Gasteiger partial charge in [-0.3, -0.25) is 4.79 Å². The fourth-order valence-corrected chi connectivity index (χ4v) is 3.54. The molecule has 0 saturated carbocycles. The highest BCUT2D eigenvalue weighted by Gasteiger charge is 2.46. The van der Waals surface area contributed by atoms with Gasteiger partial charge in [-0.05, 0) is 25.0 Å². The van der Waals surface area contributed by atoms with Gasteiger partial charge >= 0.3 is 12.1 Å². The normalized spacial score (nSPS) is 22.9. The molecule has 4 heterocycles. The lowest BCUT2D eigenvalue weighted by Crippen LogP contribution is -2.50. The smallest absolute Gasteiger partial charge is 0.475 e. The van der Waals surface area contributed by atoms with Crippen molar-refractivity contribution < 1.29 is 46.3 Å². The number of hydrogen-bond donors (Lipinski definition) is 1. The average Bonchev–Trinajstić information content (AvgIpc) is 3.40. The molecule has 1 spiro atoms. The third kappa shape index (κ3) is 5.72. The lowest BCUT2D eigenvalue weighted by atomic mass is 9.89. The van der Waals surface area contributed by atoms with Crippen molar-refractivity contribution in [2.75, 3.05) is 19.7 Å². The molecule has 2 aromatic heterocycles. The quantitative estimate of drug-likeness (QED) is 0.694.